The van der Waals surface area contributed by atoms with E-state index in [1.165, 1.54) is 34.7 Å². The van der Waals surface area contributed by atoms with Crippen LogP contribution in [0.4, 0.5) is 18.0 Å². The van der Waals surface area contributed by atoms with Crippen molar-refractivity contribution in [3.05, 3.63) is 93.6 Å². The van der Waals surface area contributed by atoms with Gasteiger partial charge in [-0.1, -0.05) is 30.3 Å². The number of fused-ring (bicyclic) bond motifs is 4. The molecule has 4 heterocycles. The quantitative estimate of drug-likeness (QED) is 0.290. The predicted molar refractivity (Wildman–Crippen MR) is 161 cm³/mol. The minimum atomic E-state index is -3.46. The Morgan fingerprint density at radius 3 is 2.81 bits per heavy atom. The largest absolute Gasteiger partial charge is 0.511 e. The van der Waals surface area contributed by atoms with E-state index in [-0.39, 0.29) is 43.4 Å². The molecule has 244 valence electrons. The van der Waals surface area contributed by atoms with Crippen LogP contribution in [-0.2, 0) is 36.1 Å². The Kier molecular flexibility index (Phi) is 7.09. The first kappa shape index (κ1) is 30.0. The van der Waals surface area contributed by atoms with Gasteiger partial charge in [0.05, 0.1) is 31.4 Å². The zero-order chi connectivity index (χ0) is 32.6. The van der Waals surface area contributed by atoms with E-state index in [1.807, 2.05) is 29.3 Å². The number of aliphatic hydroxyl groups excluding tert-OH is 1. The molecular weight excluding hydrogens is 639 g/mol. The Morgan fingerprint density at radius 1 is 1.15 bits per heavy atom. The molecule has 3 aliphatic heterocycles. The zero-order valence-electron chi connectivity index (χ0n) is 25.0. The maximum Gasteiger partial charge on any atom is 0.511 e. The summed E-state index contributed by atoms with van der Waals surface area (Å²) in [5.41, 5.74) is 2.44. The number of benzene rings is 2. The summed E-state index contributed by atoms with van der Waals surface area (Å²) >= 11 is 1.34. The van der Waals surface area contributed by atoms with Crippen molar-refractivity contribution >= 4 is 23.4 Å². The number of alkyl halides is 2. The van der Waals surface area contributed by atoms with Gasteiger partial charge in [-0.3, -0.25) is 9.80 Å². The highest BCUT2D eigenvalue weighted by Crippen LogP contribution is 2.58. The molecule has 10 nitrogen and oxygen atoms in total. The fourth-order valence-electron chi connectivity index (χ4n) is 7.22. The maximum atomic E-state index is 15.8. The van der Waals surface area contributed by atoms with Crippen molar-refractivity contribution < 1.29 is 46.8 Å². The average Bonchev–Trinajstić information content (AvgIpc) is 3.42. The van der Waals surface area contributed by atoms with Crippen LogP contribution < -0.4 is 0 Å². The van der Waals surface area contributed by atoms with E-state index in [2.05, 4.69) is 0 Å². The number of aliphatic hydroxyl groups is 1. The number of thiophene rings is 1. The van der Waals surface area contributed by atoms with E-state index < -0.39 is 60.9 Å². The molecule has 1 aromatic heterocycles. The lowest BCUT2D eigenvalue weighted by atomic mass is 9.80. The van der Waals surface area contributed by atoms with Crippen molar-refractivity contribution in [2.75, 3.05) is 33.2 Å². The van der Waals surface area contributed by atoms with Gasteiger partial charge in [-0.05, 0) is 46.7 Å². The smallest absolute Gasteiger partial charge is 0.456 e. The summed E-state index contributed by atoms with van der Waals surface area (Å²) in [6, 6.07) is 9.31. The molecule has 3 atom stereocenters. The molecule has 0 spiro atoms. The monoisotopic (exact) mass is 667 g/mol. The molecule has 0 saturated carbocycles. The van der Waals surface area contributed by atoms with Crippen LogP contribution in [0.1, 0.15) is 35.2 Å². The Morgan fingerprint density at radius 2 is 1.98 bits per heavy atom. The van der Waals surface area contributed by atoms with E-state index >= 15 is 13.2 Å². The van der Waals surface area contributed by atoms with Crippen LogP contribution >= 0.6 is 11.3 Å². The van der Waals surface area contributed by atoms with Crippen LogP contribution in [0.5, 0.6) is 0 Å². The second-order valence-electron chi connectivity index (χ2n) is 11.6. The van der Waals surface area contributed by atoms with Gasteiger partial charge < -0.3 is 29.0 Å². The molecule has 2 aliphatic carbocycles. The van der Waals surface area contributed by atoms with Gasteiger partial charge in [0, 0.05) is 35.2 Å². The predicted octanol–water partition coefficient (Wildman–Crippen LogP) is 5.24. The zero-order valence-corrected chi connectivity index (χ0v) is 25.8. The first-order valence-electron chi connectivity index (χ1n) is 15.1. The number of rotatable bonds is 5. The van der Waals surface area contributed by atoms with Crippen molar-refractivity contribution in [3.63, 3.8) is 0 Å². The first-order valence-corrected chi connectivity index (χ1v) is 16.0. The number of hydrogen-bond donors (Lipinski definition) is 1. The number of hydrogen-bond acceptors (Lipinski definition) is 10. The maximum absolute atomic E-state index is 15.8. The number of morpholine rings is 1. The summed E-state index contributed by atoms with van der Waals surface area (Å²) < 4.78 is 68.6. The van der Waals surface area contributed by atoms with Crippen molar-refractivity contribution in [1.29, 1.82) is 0 Å². The summed E-state index contributed by atoms with van der Waals surface area (Å²) in [6.07, 6.45) is -0.786. The highest BCUT2D eigenvalue weighted by molar-refractivity contribution is 7.14. The van der Waals surface area contributed by atoms with Crippen molar-refractivity contribution in [2.45, 2.75) is 37.6 Å². The molecule has 47 heavy (non-hydrogen) atoms. The second kappa shape index (κ2) is 11.1. The Labute approximate surface area is 270 Å². The molecule has 3 unspecified atom stereocenters. The highest BCUT2D eigenvalue weighted by Gasteiger charge is 2.53. The lowest BCUT2D eigenvalue weighted by Crippen LogP contribution is -2.68. The summed E-state index contributed by atoms with van der Waals surface area (Å²) in [7, 11) is 0. The summed E-state index contributed by atoms with van der Waals surface area (Å²) in [4.78, 5) is 28.3. The van der Waals surface area contributed by atoms with Crippen molar-refractivity contribution in [3.8, 4) is 21.6 Å². The number of hydrazine groups is 1. The van der Waals surface area contributed by atoms with Crippen molar-refractivity contribution in [1.82, 2.24) is 14.9 Å². The topological polar surface area (TPSA) is 101 Å². The third-order valence-electron chi connectivity index (χ3n) is 9.06. The van der Waals surface area contributed by atoms with E-state index in [0.29, 0.717) is 16.7 Å². The number of carbonyl (C=O) groups excluding carboxylic acids is 2. The molecule has 8 rings (SSSR count). The normalized spacial score (nSPS) is 23.8. The van der Waals surface area contributed by atoms with Gasteiger partial charge in [0.25, 0.3) is 11.8 Å². The molecule has 2 fully saturated rings. The van der Waals surface area contributed by atoms with Gasteiger partial charge in [0.15, 0.2) is 11.5 Å². The highest BCUT2D eigenvalue weighted by atomic mass is 32.1. The van der Waals surface area contributed by atoms with Gasteiger partial charge in [-0.2, -0.15) is 5.01 Å². The molecule has 3 aromatic rings. The van der Waals surface area contributed by atoms with Gasteiger partial charge in [0.2, 0.25) is 6.79 Å². The third kappa shape index (κ3) is 4.49. The standard InChI is InChI=1S/C33H28F3N3O7S/c1-2-44-32(42)46-16-45-29-22(40)9-10-38-28(29)31(41)37-11-12-43-14-23(37)39(38)27-18-5-3-4-6-19(18)30-24-17(15-47-30)13-33(35,36)26-21(34)8-7-20(27)25(24)26/h3-10,15,22-23,27,40H,2,11-14,16H2,1H3. The van der Waals surface area contributed by atoms with E-state index in [1.54, 1.807) is 17.2 Å². The van der Waals surface area contributed by atoms with Crippen LogP contribution in [0.3, 0.4) is 0 Å². The Bertz CT molecular complexity index is 1880. The van der Waals surface area contributed by atoms with E-state index in [9.17, 15) is 14.7 Å². The van der Waals surface area contributed by atoms with Gasteiger partial charge in [-0.15, -0.1) is 11.3 Å². The van der Waals surface area contributed by atoms with Gasteiger partial charge in [0.1, 0.15) is 18.1 Å². The number of halogens is 3. The number of ether oxygens (including phenoxy) is 4. The average molecular weight is 668 g/mol. The Hall–Kier alpha value is -4.37. The van der Waals surface area contributed by atoms with Gasteiger partial charge in [-0.25, -0.2) is 18.0 Å². The molecule has 2 saturated heterocycles. The molecular formula is C33H28F3N3O7S. The lowest BCUT2D eigenvalue weighted by Gasteiger charge is -2.55. The molecule has 1 amide bonds. The second-order valence-corrected chi connectivity index (χ2v) is 12.5. The molecule has 1 N–H and O–H groups in total. The van der Waals surface area contributed by atoms with Crippen LogP contribution in [0.25, 0.3) is 21.6 Å². The van der Waals surface area contributed by atoms with Crippen LogP contribution in [-0.4, -0.2) is 77.5 Å². The minimum Gasteiger partial charge on any atom is -0.456 e. The fourth-order valence-corrected chi connectivity index (χ4v) is 8.34. The summed E-state index contributed by atoms with van der Waals surface area (Å²) in [5, 5.41) is 16.1. The number of carbonyl (C=O) groups is 2. The summed E-state index contributed by atoms with van der Waals surface area (Å²) in [5.74, 6) is -5.09. The van der Waals surface area contributed by atoms with E-state index in [4.69, 9.17) is 18.9 Å². The molecule has 0 radical (unpaired) electrons. The third-order valence-corrected chi connectivity index (χ3v) is 10.1. The summed E-state index contributed by atoms with van der Waals surface area (Å²) in [6.45, 7) is 1.55. The molecule has 2 aromatic carbocycles. The molecule has 14 heteroatoms. The molecule has 5 aliphatic rings. The lowest BCUT2D eigenvalue weighted by molar-refractivity contribution is -0.191. The van der Waals surface area contributed by atoms with Crippen molar-refractivity contribution in [2.24, 2.45) is 0 Å². The van der Waals surface area contributed by atoms with E-state index in [0.717, 1.165) is 22.1 Å². The molecule has 0 bridgehead atoms. The Balaban J connectivity index is 1.35. The van der Waals surface area contributed by atoms with Gasteiger partial charge >= 0.3 is 6.16 Å². The fraction of sp³-hybridized carbons (Fsp3) is 0.333. The number of nitrogens with zero attached hydrogens (tertiary/aromatic N) is 3. The van der Waals surface area contributed by atoms with Crippen LogP contribution in [0.15, 0.2) is 65.5 Å². The van der Waals surface area contributed by atoms with Crippen LogP contribution in [0, 0.1) is 5.82 Å². The number of amides is 1. The SMILES string of the molecule is CCOC(=O)OCOC1=C2C(=O)N3CCOCC3N(C3c4ccccc4-c4scc5c4-c4c3ccc(F)c4C(F)(F)C5)N2C=CC1O. The minimum absolute atomic E-state index is 0.0518. The van der Waals surface area contributed by atoms with Crippen LogP contribution in [0.2, 0.25) is 0 Å². The first-order chi connectivity index (χ1) is 22.7.